The van der Waals surface area contributed by atoms with Gasteiger partial charge in [0, 0.05) is 30.7 Å². The van der Waals surface area contributed by atoms with Crippen LogP contribution in [0, 0.1) is 0 Å². The average Bonchev–Trinajstić information content (AvgIpc) is 3.17. The molecule has 1 atom stereocenters. The third kappa shape index (κ3) is 3.81. The number of amides is 1. The fourth-order valence-electron chi connectivity index (χ4n) is 3.87. The van der Waals surface area contributed by atoms with Gasteiger partial charge in [-0.2, -0.15) is 0 Å². The van der Waals surface area contributed by atoms with Crippen LogP contribution in [-0.2, 0) is 17.8 Å². The molecule has 0 aliphatic carbocycles. The minimum absolute atomic E-state index is 0.0317. The zero-order chi connectivity index (χ0) is 18.6. The van der Waals surface area contributed by atoms with Gasteiger partial charge < -0.3 is 9.88 Å². The van der Waals surface area contributed by atoms with Crippen LogP contribution in [0.2, 0.25) is 0 Å². The lowest BCUT2D eigenvalue weighted by Crippen LogP contribution is -2.42. The maximum Gasteiger partial charge on any atom is 0.238 e. The third-order valence-corrected chi connectivity index (χ3v) is 5.22. The zero-order valence-corrected chi connectivity index (χ0v) is 15.6. The Morgan fingerprint density at radius 3 is 2.70 bits per heavy atom. The van der Waals surface area contributed by atoms with Crippen LogP contribution in [0.5, 0.6) is 0 Å². The quantitative estimate of drug-likeness (QED) is 0.745. The summed E-state index contributed by atoms with van der Waals surface area (Å²) in [4.78, 5) is 15.0. The lowest BCUT2D eigenvalue weighted by atomic mass is 10.00. The van der Waals surface area contributed by atoms with Gasteiger partial charge in [0.15, 0.2) is 0 Å². The first kappa shape index (κ1) is 17.6. The summed E-state index contributed by atoms with van der Waals surface area (Å²) in [6, 6.07) is 22.9. The maximum absolute atomic E-state index is 12.7. The van der Waals surface area contributed by atoms with Gasteiger partial charge in [-0.15, -0.1) is 0 Å². The molecule has 4 rings (SSSR count). The van der Waals surface area contributed by atoms with Crippen LogP contribution in [0.15, 0.2) is 72.9 Å². The first-order valence-electron chi connectivity index (χ1n) is 9.57. The SMILES string of the molecule is CCc1cccc(NC(=O)CN2CCn3cccc3C2c2ccccc2)c1. The molecule has 0 saturated heterocycles. The monoisotopic (exact) mass is 359 g/mol. The molecule has 0 saturated carbocycles. The molecule has 1 aliphatic rings. The van der Waals surface area contributed by atoms with Gasteiger partial charge in [0.1, 0.15) is 0 Å². The number of hydrogen-bond acceptors (Lipinski definition) is 2. The molecule has 4 nitrogen and oxygen atoms in total. The number of nitrogens with zero attached hydrogens (tertiary/aromatic N) is 2. The fraction of sp³-hybridized carbons (Fsp3) is 0.261. The van der Waals surface area contributed by atoms with E-state index in [1.807, 2.05) is 24.3 Å². The van der Waals surface area contributed by atoms with Gasteiger partial charge in [-0.3, -0.25) is 9.69 Å². The first-order chi connectivity index (χ1) is 13.2. The number of aryl methyl sites for hydroxylation is 1. The van der Waals surface area contributed by atoms with E-state index in [2.05, 4.69) is 70.4 Å². The number of aromatic nitrogens is 1. The topological polar surface area (TPSA) is 37.3 Å². The summed E-state index contributed by atoms with van der Waals surface area (Å²) in [5.74, 6) is 0.0317. The molecule has 1 N–H and O–H groups in total. The van der Waals surface area contributed by atoms with Gasteiger partial charge in [0.25, 0.3) is 0 Å². The minimum Gasteiger partial charge on any atom is -0.348 e. The highest BCUT2D eigenvalue weighted by atomic mass is 16.2. The van der Waals surface area contributed by atoms with Crippen molar-refractivity contribution in [1.82, 2.24) is 9.47 Å². The molecule has 0 radical (unpaired) electrons. The number of hydrogen-bond donors (Lipinski definition) is 1. The van der Waals surface area contributed by atoms with Crippen molar-refractivity contribution >= 4 is 11.6 Å². The van der Waals surface area contributed by atoms with E-state index in [9.17, 15) is 4.79 Å². The van der Waals surface area contributed by atoms with E-state index in [0.717, 1.165) is 25.2 Å². The van der Waals surface area contributed by atoms with Crippen molar-refractivity contribution in [3.63, 3.8) is 0 Å². The van der Waals surface area contributed by atoms with E-state index >= 15 is 0 Å². The van der Waals surface area contributed by atoms with Crippen LogP contribution in [0.1, 0.15) is 29.8 Å². The molecule has 2 aromatic carbocycles. The van der Waals surface area contributed by atoms with E-state index in [-0.39, 0.29) is 11.9 Å². The number of carbonyl (C=O) groups excluding carboxylic acids is 1. The van der Waals surface area contributed by atoms with Gasteiger partial charge in [-0.1, -0.05) is 49.4 Å². The molecule has 27 heavy (non-hydrogen) atoms. The molecule has 3 aromatic rings. The Bertz CT molecular complexity index is 916. The molecule has 2 heterocycles. The molecule has 1 amide bonds. The van der Waals surface area contributed by atoms with E-state index in [4.69, 9.17) is 0 Å². The van der Waals surface area contributed by atoms with Crippen LogP contribution in [0.25, 0.3) is 0 Å². The largest absolute Gasteiger partial charge is 0.348 e. The second kappa shape index (κ2) is 7.80. The van der Waals surface area contributed by atoms with Gasteiger partial charge in [0.05, 0.1) is 12.6 Å². The van der Waals surface area contributed by atoms with Crippen LogP contribution in [-0.4, -0.2) is 28.5 Å². The molecule has 1 aliphatic heterocycles. The number of rotatable bonds is 5. The summed E-state index contributed by atoms with van der Waals surface area (Å²) in [5.41, 5.74) is 4.56. The second-order valence-electron chi connectivity index (χ2n) is 7.01. The third-order valence-electron chi connectivity index (χ3n) is 5.22. The molecule has 0 bridgehead atoms. The molecular formula is C23H25N3O. The first-order valence-corrected chi connectivity index (χ1v) is 9.57. The predicted octanol–water partition coefficient (Wildman–Crippen LogP) is 4.09. The predicted molar refractivity (Wildman–Crippen MR) is 109 cm³/mol. The van der Waals surface area contributed by atoms with Gasteiger partial charge in [-0.05, 0) is 41.8 Å². The normalized spacial score (nSPS) is 16.7. The summed E-state index contributed by atoms with van der Waals surface area (Å²) in [5, 5.41) is 3.07. The highest BCUT2D eigenvalue weighted by molar-refractivity contribution is 5.92. The standard InChI is InChI=1S/C23H25N3O/c1-2-18-8-6-11-20(16-18)24-22(27)17-26-15-14-25-13-7-12-21(25)23(26)19-9-4-3-5-10-19/h3-13,16,23H,2,14-15,17H2,1H3,(H,24,27). The van der Waals surface area contributed by atoms with Crippen molar-refractivity contribution in [2.24, 2.45) is 0 Å². The Labute approximate surface area is 160 Å². The number of fused-ring (bicyclic) bond motifs is 1. The van der Waals surface area contributed by atoms with Crippen LogP contribution < -0.4 is 5.32 Å². The average molecular weight is 359 g/mol. The lowest BCUT2D eigenvalue weighted by molar-refractivity contribution is -0.117. The molecular weight excluding hydrogens is 334 g/mol. The van der Waals surface area contributed by atoms with Crippen molar-refractivity contribution in [3.05, 3.63) is 89.7 Å². The van der Waals surface area contributed by atoms with E-state index in [0.29, 0.717) is 6.54 Å². The molecule has 4 heteroatoms. The van der Waals surface area contributed by atoms with Gasteiger partial charge in [0.2, 0.25) is 5.91 Å². The summed E-state index contributed by atoms with van der Waals surface area (Å²) < 4.78 is 2.29. The van der Waals surface area contributed by atoms with Crippen LogP contribution in [0.4, 0.5) is 5.69 Å². The number of nitrogens with one attached hydrogen (secondary N) is 1. The molecule has 138 valence electrons. The fourth-order valence-corrected chi connectivity index (χ4v) is 3.87. The van der Waals surface area contributed by atoms with Gasteiger partial charge >= 0.3 is 0 Å². The smallest absolute Gasteiger partial charge is 0.238 e. The molecule has 0 spiro atoms. The van der Waals surface area contributed by atoms with Crippen molar-refractivity contribution in [2.45, 2.75) is 25.9 Å². The number of anilines is 1. The Morgan fingerprint density at radius 1 is 1.04 bits per heavy atom. The molecule has 0 fully saturated rings. The lowest BCUT2D eigenvalue weighted by Gasteiger charge is -2.36. The number of carbonyl (C=O) groups is 1. The highest BCUT2D eigenvalue weighted by Crippen LogP contribution is 2.32. The summed E-state index contributed by atoms with van der Waals surface area (Å²) in [6.07, 6.45) is 3.09. The molecule has 1 unspecified atom stereocenters. The van der Waals surface area contributed by atoms with Crippen LogP contribution in [0.3, 0.4) is 0 Å². The van der Waals surface area contributed by atoms with E-state index < -0.39 is 0 Å². The van der Waals surface area contributed by atoms with Crippen molar-refractivity contribution in [1.29, 1.82) is 0 Å². The van der Waals surface area contributed by atoms with Crippen molar-refractivity contribution in [2.75, 3.05) is 18.4 Å². The Hall–Kier alpha value is -2.85. The van der Waals surface area contributed by atoms with Crippen molar-refractivity contribution < 1.29 is 4.79 Å². The van der Waals surface area contributed by atoms with Gasteiger partial charge in [-0.25, -0.2) is 0 Å². The zero-order valence-electron chi connectivity index (χ0n) is 15.6. The summed E-state index contributed by atoms with van der Waals surface area (Å²) >= 11 is 0. The van der Waals surface area contributed by atoms with E-state index in [1.165, 1.54) is 16.8 Å². The Balaban J connectivity index is 1.54. The minimum atomic E-state index is 0.0317. The maximum atomic E-state index is 12.7. The Kier molecular flexibility index (Phi) is 5.07. The second-order valence-corrected chi connectivity index (χ2v) is 7.01. The van der Waals surface area contributed by atoms with Crippen LogP contribution >= 0.6 is 0 Å². The Morgan fingerprint density at radius 2 is 1.89 bits per heavy atom. The molecule has 1 aromatic heterocycles. The van der Waals surface area contributed by atoms with Crippen molar-refractivity contribution in [3.8, 4) is 0 Å². The summed E-state index contributed by atoms with van der Waals surface area (Å²) in [7, 11) is 0. The summed E-state index contributed by atoms with van der Waals surface area (Å²) in [6.45, 7) is 4.25. The van der Waals surface area contributed by atoms with E-state index in [1.54, 1.807) is 0 Å². The number of benzene rings is 2. The highest BCUT2D eigenvalue weighted by Gasteiger charge is 2.29.